The van der Waals surface area contributed by atoms with E-state index in [0.29, 0.717) is 58.7 Å². The van der Waals surface area contributed by atoms with Crippen molar-refractivity contribution in [2.75, 3.05) is 33.8 Å². The quantitative estimate of drug-likeness (QED) is 0.352. The van der Waals surface area contributed by atoms with Crippen molar-refractivity contribution in [2.45, 2.75) is 65.6 Å². The molecule has 4 rings (SSSR count). The van der Waals surface area contributed by atoms with Crippen LogP contribution in [0.3, 0.4) is 0 Å². The number of aryl methyl sites for hydroxylation is 2. The number of carbonyl (C=O) groups excluding carboxylic acids is 1. The van der Waals surface area contributed by atoms with E-state index >= 15 is 4.39 Å². The number of halogens is 1. The molecule has 1 amide bonds. The molecule has 1 aromatic carbocycles. The van der Waals surface area contributed by atoms with Crippen LogP contribution in [0.2, 0.25) is 0 Å². The largest absolute Gasteiger partial charge is 0.490 e. The van der Waals surface area contributed by atoms with Crippen LogP contribution in [0.4, 0.5) is 4.39 Å². The lowest BCUT2D eigenvalue weighted by atomic mass is 9.86. The molecule has 3 heterocycles. The Morgan fingerprint density at radius 2 is 1.98 bits per heavy atom. The van der Waals surface area contributed by atoms with Gasteiger partial charge >= 0.3 is 5.97 Å². The maximum absolute atomic E-state index is 15.5. The Morgan fingerprint density at radius 1 is 1.27 bits per heavy atom. The van der Waals surface area contributed by atoms with Gasteiger partial charge in [-0.25, -0.2) is 14.2 Å². The second kappa shape index (κ2) is 11.8. The summed E-state index contributed by atoms with van der Waals surface area (Å²) in [6.07, 6.45) is 0.809. The van der Waals surface area contributed by atoms with E-state index in [1.165, 1.54) is 6.07 Å². The number of rotatable bonds is 9. The molecule has 41 heavy (non-hydrogen) atoms. The predicted molar refractivity (Wildman–Crippen MR) is 156 cm³/mol. The molecule has 0 saturated carbocycles. The monoisotopic (exact) mass is 568 g/mol. The number of aliphatic carboxylic acids is 1. The molecule has 0 fully saturated rings. The van der Waals surface area contributed by atoms with Crippen LogP contribution < -0.4 is 10.1 Å². The molecule has 0 aliphatic carbocycles. The molecule has 1 aliphatic heterocycles. The molecular formula is C31H41FN4O5. The zero-order valence-electron chi connectivity index (χ0n) is 25.3. The van der Waals surface area contributed by atoms with Crippen LogP contribution in [0.5, 0.6) is 5.75 Å². The van der Waals surface area contributed by atoms with Gasteiger partial charge in [0.05, 0.1) is 12.2 Å². The molecule has 0 unspecified atom stereocenters. The minimum absolute atomic E-state index is 0.243. The fourth-order valence-corrected chi connectivity index (χ4v) is 5.48. The highest BCUT2D eigenvalue weighted by Gasteiger charge is 2.34. The van der Waals surface area contributed by atoms with Gasteiger partial charge in [-0.3, -0.25) is 4.79 Å². The molecule has 0 radical (unpaired) electrons. The number of carboxylic acids is 1. The fourth-order valence-electron chi connectivity index (χ4n) is 5.48. The Bertz CT molecular complexity index is 1490. The van der Waals surface area contributed by atoms with Gasteiger partial charge in [0, 0.05) is 41.4 Å². The van der Waals surface area contributed by atoms with Crippen molar-refractivity contribution in [2.24, 2.45) is 7.05 Å². The molecule has 1 atom stereocenters. The maximum Gasteiger partial charge on any atom is 0.337 e. The topological polar surface area (TPSA) is 106 Å². The number of pyridine rings is 1. The van der Waals surface area contributed by atoms with Gasteiger partial charge in [0.2, 0.25) is 0 Å². The molecule has 10 heteroatoms. The predicted octanol–water partition coefficient (Wildman–Crippen LogP) is 4.94. The Morgan fingerprint density at radius 3 is 2.61 bits per heavy atom. The molecule has 0 saturated heterocycles. The summed E-state index contributed by atoms with van der Waals surface area (Å²) < 4.78 is 29.0. The number of hydrogen-bond acceptors (Lipinski definition) is 6. The van der Waals surface area contributed by atoms with Crippen molar-refractivity contribution in [3.63, 3.8) is 0 Å². The normalized spacial score (nSPS) is 14.2. The summed E-state index contributed by atoms with van der Waals surface area (Å²) in [6.45, 7) is 10.8. The highest BCUT2D eigenvalue weighted by atomic mass is 19.1. The van der Waals surface area contributed by atoms with Crippen LogP contribution in [-0.2, 0) is 23.0 Å². The third-order valence-electron chi connectivity index (χ3n) is 7.37. The number of nitrogens with one attached hydrogen (secondary N) is 1. The lowest BCUT2D eigenvalue weighted by Crippen LogP contribution is -2.28. The molecule has 0 spiro atoms. The summed E-state index contributed by atoms with van der Waals surface area (Å²) in [5, 5.41) is 13.9. The van der Waals surface area contributed by atoms with Crippen molar-refractivity contribution < 1.29 is 28.6 Å². The first-order valence-electron chi connectivity index (χ1n) is 14.0. The van der Waals surface area contributed by atoms with E-state index in [0.717, 1.165) is 30.5 Å². The zero-order valence-corrected chi connectivity index (χ0v) is 25.3. The minimum atomic E-state index is -1.37. The van der Waals surface area contributed by atoms with E-state index in [1.54, 1.807) is 45.4 Å². The summed E-state index contributed by atoms with van der Waals surface area (Å²) in [7, 11) is 5.70. The number of fused-ring (bicyclic) bond motifs is 2. The number of ether oxygens (including phenoxy) is 2. The number of nitrogens with zero attached hydrogens (tertiary/aromatic N) is 3. The molecule has 2 aromatic heterocycles. The van der Waals surface area contributed by atoms with Crippen LogP contribution in [0.15, 0.2) is 12.1 Å². The first kappa shape index (κ1) is 30.5. The Kier molecular flexibility index (Phi) is 8.75. The molecular weight excluding hydrogens is 527 g/mol. The third-order valence-corrected chi connectivity index (χ3v) is 7.37. The molecule has 3 aromatic rings. The first-order chi connectivity index (χ1) is 19.2. The van der Waals surface area contributed by atoms with Crippen molar-refractivity contribution in [3.05, 3.63) is 46.0 Å². The lowest BCUT2D eigenvalue weighted by molar-refractivity contribution is -0.160. The second-order valence-electron chi connectivity index (χ2n) is 12.0. The van der Waals surface area contributed by atoms with Gasteiger partial charge in [0.25, 0.3) is 5.91 Å². The fraction of sp³-hybridized carbons (Fsp3) is 0.516. The lowest BCUT2D eigenvalue weighted by Gasteiger charge is -2.29. The SMILES string of the molecule is Cc1nc2c(cc(C(=O)NCCCN(C)C)n2C)c(-c2cc(F)c3c(c2C)CCCO3)c1[C@H](OC(C)(C)C)C(=O)O. The van der Waals surface area contributed by atoms with Gasteiger partial charge < -0.3 is 29.4 Å². The minimum Gasteiger partial charge on any atom is -0.490 e. The van der Waals surface area contributed by atoms with Gasteiger partial charge in [-0.05, 0) is 97.8 Å². The third kappa shape index (κ3) is 6.23. The van der Waals surface area contributed by atoms with Crippen LogP contribution in [-0.4, -0.2) is 70.8 Å². The molecule has 2 N–H and O–H groups in total. The highest BCUT2D eigenvalue weighted by Crippen LogP contribution is 2.44. The van der Waals surface area contributed by atoms with Gasteiger partial charge in [-0.15, -0.1) is 0 Å². The van der Waals surface area contributed by atoms with Crippen molar-refractivity contribution in [1.29, 1.82) is 0 Å². The smallest absolute Gasteiger partial charge is 0.337 e. The Hall–Kier alpha value is -3.50. The van der Waals surface area contributed by atoms with E-state index < -0.39 is 23.5 Å². The molecule has 9 nitrogen and oxygen atoms in total. The van der Waals surface area contributed by atoms with E-state index in [-0.39, 0.29) is 11.7 Å². The van der Waals surface area contributed by atoms with Gasteiger partial charge in [0.1, 0.15) is 11.3 Å². The van der Waals surface area contributed by atoms with Crippen LogP contribution in [0.25, 0.3) is 22.2 Å². The molecule has 0 bridgehead atoms. The van der Waals surface area contributed by atoms with E-state index in [1.807, 2.05) is 25.9 Å². The standard InChI is InChI=1S/C31H41FN4O5/c1-17-19-11-9-14-40-26(19)22(32)15-20(17)25-21-16-23(29(37)33-12-10-13-35(6)7)36(8)28(21)34-18(2)24(25)27(30(38)39)41-31(3,4)5/h15-16,27H,9-14H2,1-8H3,(H,33,37)(H,38,39)/t27-/m0/s1. The summed E-state index contributed by atoms with van der Waals surface area (Å²) >= 11 is 0. The van der Waals surface area contributed by atoms with Crippen LogP contribution in [0.1, 0.15) is 72.6 Å². The number of amides is 1. The van der Waals surface area contributed by atoms with E-state index in [2.05, 4.69) is 5.32 Å². The molecule has 1 aliphatic rings. The maximum atomic E-state index is 15.5. The average molecular weight is 569 g/mol. The number of hydrogen-bond donors (Lipinski definition) is 2. The summed E-state index contributed by atoms with van der Waals surface area (Å²) in [5.41, 5.74) is 3.43. The number of carbonyl (C=O) groups is 2. The van der Waals surface area contributed by atoms with Crippen LogP contribution >= 0.6 is 0 Å². The summed E-state index contributed by atoms with van der Waals surface area (Å²) in [5.74, 6) is -1.71. The van der Waals surface area contributed by atoms with E-state index in [9.17, 15) is 14.7 Å². The summed E-state index contributed by atoms with van der Waals surface area (Å²) in [6, 6.07) is 3.12. The van der Waals surface area contributed by atoms with Crippen molar-refractivity contribution in [3.8, 4) is 16.9 Å². The van der Waals surface area contributed by atoms with Gasteiger partial charge in [0.15, 0.2) is 17.7 Å². The molecule has 222 valence electrons. The Labute approximate surface area is 240 Å². The number of aromatic nitrogens is 2. The van der Waals surface area contributed by atoms with Gasteiger partial charge in [-0.2, -0.15) is 0 Å². The Balaban J connectivity index is 1.99. The number of benzene rings is 1. The van der Waals surface area contributed by atoms with Crippen LogP contribution in [0, 0.1) is 19.7 Å². The first-order valence-corrected chi connectivity index (χ1v) is 14.0. The average Bonchev–Trinajstić information content (AvgIpc) is 3.22. The summed E-state index contributed by atoms with van der Waals surface area (Å²) in [4.78, 5) is 32.8. The highest BCUT2D eigenvalue weighted by molar-refractivity contribution is 6.04. The second-order valence-corrected chi connectivity index (χ2v) is 12.0. The van der Waals surface area contributed by atoms with E-state index in [4.69, 9.17) is 14.5 Å². The van der Waals surface area contributed by atoms with Gasteiger partial charge in [-0.1, -0.05) is 0 Å². The van der Waals surface area contributed by atoms with Crippen molar-refractivity contribution in [1.82, 2.24) is 19.8 Å². The number of carboxylic acid groups (broad SMARTS) is 1. The zero-order chi connectivity index (χ0) is 30.2. The van der Waals surface area contributed by atoms with Crippen molar-refractivity contribution >= 4 is 22.9 Å².